The molecule has 16 heavy (non-hydrogen) atoms. The Balaban J connectivity index is 2.85. The zero-order valence-corrected chi connectivity index (χ0v) is 10.4. The van der Waals surface area contributed by atoms with Crippen LogP contribution in [0.2, 0.25) is 5.02 Å². The Kier molecular flexibility index (Phi) is 4.38. The van der Waals surface area contributed by atoms with Crippen molar-refractivity contribution in [3.05, 3.63) is 40.6 Å². The first-order valence-corrected chi connectivity index (χ1v) is 5.38. The van der Waals surface area contributed by atoms with Crippen LogP contribution in [0.15, 0.2) is 24.4 Å². The van der Waals surface area contributed by atoms with Gasteiger partial charge in [0, 0.05) is 6.20 Å². The van der Waals surface area contributed by atoms with E-state index in [0.29, 0.717) is 10.7 Å². The van der Waals surface area contributed by atoms with Crippen LogP contribution in [0.1, 0.15) is 18.1 Å². The summed E-state index contributed by atoms with van der Waals surface area (Å²) in [6.07, 6.45) is 3.30. The van der Waals surface area contributed by atoms with E-state index >= 15 is 0 Å². The minimum absolute atomic E-state index is 0.299. The fraction of sp³-hybridized carbons (Fsp3) is 0.250. The Morgan fingerprint density at radius 1 is 1.38 bits per heavy atom. The minimum Gasteiger partial charge on any atom is -0.315 e. The van der Waals surface area contributed by atoms with Crippen molar-refractivity contribution in [2.24, 2.45) is 0 Å². The Morgan fingerprint density at radius 3 is 2.62 bits per heavy atom. The minimum atomic E-state index is -0.299. The number of hydrogen-bond donors (Lipinski definition) is 2. The second-order valence-electron chi connectivity index (χ2n) is 3.54. The summed E-state index contributed by atoms with van der Waals surface area (Å²) < 4.78 is 0. The van der Waals surface area contributed by atoms with E-state index in [-0.39, 0.29) is 6.03 Å². The summed E-state index contributed by atoms with van der Waals surface area (Å²) in [6, 6.07) is 3.49. The smallest absolute Gasteiger partial charge is 0.315 e. The van der Waals surface area contributed by atoms with Crippen LogP contribution in [0.5, 0.6) is 0 Å². The van der Waals surface area contributed by atoms with Gasteiger partial charge in [-0.2, -0.15) is 0 Å². The van der Waals surface area contributed by atoms with Crippen LogP contribution in [0.3, 0.4) is 0 Å². The van der Waals surface area contributed by atoms with Crippen molar-refractivity contribution in [3.63, 3.8) is 0 Å². The molecule has 1 aromatic carbocycles. The molecule has 0 spiro atoms. The van der Waals surface area contributed by atoms with E-state index in [1.54, 1.807) is 12.3 Å². The third-order valence-electron chi connectivity index (χ3n) is 2.05. The van der Waals surface area contributed by atoms with Gasteiger partial charge in [-0.3, -0.25) is 0 Å². The van der Waals surface area contributed by atoms with Gasteiger partial charge < -0.3 is 10.6 Å². The molecule has 2 N–H and O–H groups in total. The van der Waals surface area contributed by atoms with Crippen LogP contribution in [0, 0.1) is 13.8 Å². The molecule has 0 saturated heterocycles. The first-order valence-electron chi connectivity index (χ1n) is 5.00. The van der Waals surface area contributed by atoms with Crippen LogP contribution in [0.4, 0.5) is 10.5 Å². The molecule has 4 heteroatoms. The van der Waals surface area contributed by atoms with Gasteiger partial charge in [0.1, 0.15) is 0 Å². The van der Waals surface area contributed by atoms with Gasteiger partial charge in [-0.05, 0) is 38.0 Å². The quantitative estimate of drug-likeness (QED) is 0.812. The molecule has 1 rings (SSSR count). The van der Waals surface area contributed by atoms with Crippen molar-refractivity contribution in [2.45, 2.75) is 20.8 Å². The molecule has 0 radical (unpaired) electrons. The maximum Gasteiger partial charge on any atom is 0.323 e. The molecule has 1 aromatic rings. The van der Waals surface area contributed by atoms with Crippen LogP contribution in [-0.4, -0.2) is 6.03 Å². The average molecular weight is 239 g/mol. The van der Waals surface area contributed by atoms with Gasteiger partial charge in [0.05, 0.1) is 10.7 Å². The lowest BCUT2D eigenvalue weighted by molar-refractivity contribution is 0.255. The first kappa shape index (κ1) is 12.6. The van der Waals surface area contributed by atoms with E-state index < -0.39 is 0 Å². The van der Waals surface area contributed by atoms with Crippen LogP contribution >= 0.6 is 11.6 Å². The summed E-state index contributed by atoms with van der Waals surface area (Å²) >= 11 is 6.05. The van der Waals surface area contributed by atoms with E-state index in [1.807, 2.05) is 32.9 Å². The van der Waals surface area contributed by atoms with Crippen LogP contribution in [0.25, 0.3) is 0 Å². The maximum absolute atomic E-state index is 11.4. The molecule has 2 amide bonds. The van der Waals surface area contributed by atoms with Gasteiger partial charge >= 0.3 is 6.03 Å². The molecule has 0 aliphatic heterocycles. The molecule has 0 aliphatic carbocycles. The number of hydrogen-bond acceptors (Lipinski definition) is 1. The third-order valence-corrected chi connectivity index (χ3v) is 2.35. The molecule has 3 nitrogen and oxygen atoms in total. The normalized spacial score (nSPS) is 10.5. The highest BCUT2D eigenvalue weighted by Gasteiger charge is 2.07. The maximum atomic E-state index is 11.4. The predicted molar refractivity (Wildman–Crippen MR) is 67.9 cm³/mol. The zero-order chi connectivity index (χ0) is 12.1. The van der Waals surface area contributed by atoms with Crippen molar-refractivity contribution < 1.29 is 4.79 Å². The van der Waals surface area contributed by atoms with Gasteiger partial charge in [0.25, 0.3) is 0 Å². The SMILES string of the molecule is C/C=C/NC(=O)Nc1c(C)cc(C)cc1Cl. The summed E-state index contributed by atoms with van der Waals surface area (Å²) in [5.41, 5.74) is 2.66. The van der Waals surface area contributed by atoms with Gasteiger partial charge in [0.2, 0.25) is 0 Å². The van der Waals surface area contributed by atoms with Gasteiger partial charge in [0.15, 0.2) is 0 Å². The van der Waals surface area contributed by atoms with Gasteiger partial charge in [-0.25, -0.2) is 4.79 Å². The molecule has 0 bridgehead atoms. The molecule has 0 aromatic heterocycles. The Labute approximate surface area is 100 Å². The number of benzene rings is 1. The van der Waals surface area contributed by atoms with Crippen molar-refractivity contribution in [1.82, 2.24) is 5.32 Å². The molecule has 86 valence electrons. The first-order chi connectivity index (χ1) is 7.54. The fourth-order valence-corrected chi connectivity index (χ4v) is 1.75. The lowest BCUT2D eigenvalue weighted by atomic mass is 10.1. The van der Waals surface area contributed by atoms with E-state index in [4.69, 9.17) is 11.6 Å². The molecule has 0 unspecified atom stereocenters. The summed E-state index contributed by atoms with van der Waals surface area (Å²) in [5.74, 6) is 0. The van der Waals surface area contributed by atoms with Crippen LogP contribution in [-0.2, 0) is 0 Å². The summed E-state index contributed by atoms with van der Waals surface area (Å²) in [7, 11) is 0. The number of halogens is 1. The monoisotopic (exact) mass is 238 g/mol. The largest absolute Gasteiger partial charge is 0.323 e. The number of carbonyl (C=O) groups is 1. The number of aryl methyl sites for hydroxylation is 2. The Hall–Kier alpha value is -1.48. The second-order valence-corrected chi connectivity index (χ2v) is 3.94. The van der Waals surface area contributed by atoms with Gasteiger partial charge in [-0.15, -0.1) is 0 Å². The number of carbonyl (C=O) groups excluding carboxylic acids is 1. The molecule has 0 fully saturated rings. The zero-order valence-electron chi connectivity index (χ0n) is 9.60. The Morgan fingerprint density at radius 2 is 2.06 bits per heavy atom. The molecule has 0 atom stereocenters. The molecular formula is C12H15ClN2O. The average Bonchev–Trinajstić information content (AvgIpc) is 2.20. The van der Waals surface area contributed by atoms with Crippen molar-refractivity contribution >= 4 is 23.3 Å². The molecule has 0 saturated carbocycles. The number of amides is 2. The molecule has 0 heterocycles. The number of urea groups is 1. The predicted octanol–water partition coefficient (Wildman–Crippen LogP) is 3.61. The summed E-state index contributed by atoms with van der Waals surface area (Å²) in [5, 5.41) is 5.82. The fourth-order valence-electron chi connectivity index (χ4n) is 1.38. The van der Waals surface area contributed by atoms with Gasteiger partial charge in [-0.1, -0.05) is 23.7 Å². The number of nitrogens with one attached hydrogen (secondary N) is 2. The van der Waals surface area contributed by atoms with Crippen molar-refractivity contribution in [1.29, 1.82) is 0 Å². The number of rotatable bonds is 2. The van der Waals surface area contributed by atoms with Crippen LogP contribution < -0.4 is 10.6 Å². The highest BCUT2D eigenvalue weighted by Crippen LogP contribution is 2.27. The second kappa shape index (κ2) is 5.56. The molecule has 0 aliphatic rings. The van der Waals surface area contributed by atoms with Crippen molar-refractivity contribution in [3.8, 4) is 0 Å². The van der Waals surface area contributed by atoms with E-state index in [9.17, 15) is 4.79 Å². The molecular weight excluding hydrogens is 224 g/mol. The standard InChI is InChI=1S/C12H15ClN2O/c1-4-5-14-12(16)15-11-9(3)6-8(2)7-10(11)13/h4-7H,1-3H3,(H2,14,15,16)/b5-4+. The summed E-state index contributed by atoms with van der Waals surface area (Å²) in [6.45, 7) is 5.69. The number of allylic oxidation sites excluding steroid dienone is 1. The lowest BCUT2D eigenvalue weighted by Crippen LogP contribution is -2.24. The topological polar surface area (TPSA) is 41.1 Å². The highest BCUT2D eigenvalue weighted by molar-refractivity contribution is 6.34. The van der Waals surface area contributed by atoms with E-state index in [0.717, 1.165) is 11.1 Å². The lowest BCUT2D eigenvalue weighted by Gasteiger charge is -2.11. The Bertz CT molecular complexity index is 404. The third kappa shape index (κ3) is 3.28. The summed E-state index contributed by atoms with van der Waals surface area (Å²) in [4.78, 5) is 11.4. The highest BCUT2D eigenvalue weighted by atomic mass is 35.5. The van der Waals surface area contributed by atoms with E-state index in [1.165, 1.54) is 0 Å². The van der Waals surface area contributed by atoms with E-state index in [2.05, 4.69) is 10.6 Å². The van der Waals surface area contributed by atoms with Crippen molar-refractivity contribution in [2.75, 3.05) is 5.32 Å². The number of anilines is 1.